The van der Waals surface area contributed by atoms with E-state index in [-0.39, 0.29) is 11.7 Å². The summed E-state index contributed by atoms with van der Waals surface area (Å²) in [5.41, 5.74) is 5.16. The highest BCUT2D eigenvalue weighted by atomic mass is 32.2. The van der Waals surface area contributed by atoms with Crippen molar-refractivity contribution < 1.29 is 13.9 Å². The topological polar surface area (TPSA) is 95.1 Å². The zero-order chi connectivity index (χ0) is 23.4. The van der Waals surface area contributed by atoms with Gasteiger partial charge in [-0.15, -0.1) is 10.2 Å². The zero-order valence-corrected chi connectivity index (χ0v) is 19.8. The van der Waals surface area contributed by atoms with Gasteiger partial charge in [-0.25, -0.2) is 4.68 Å². The van der Waals surface area contributed by atoms with Gasteiger partial charge in [0.15, 0.2) is 0 Å². The van der Waals surface area contributed by atoms with Gasteiger partial charge >= 0.3 is 0 Å². The summed E-state index contributed by atoms with van der Waals surface area (Å²) in [6.45, 7) is 8.30. The third kappa shape index (κ3) is 5.09. The van der Waals surface area contributed by atoms with Gasteiger partial charge in [-0.3, -0.25) is 4.79 Å². The first kappa shape index (κ1) is 22.6. The van der Waals surface area contributed by atoms with Crippen LogP contribution >= 0.6 is 11.8 Å². The van der Waals surface area contributed by atoms with Crippen LogP contribution in [0.2, 0.25) is 0 Å². The van der Waals surface area contributed by atoms with Crippen LogP contribution in [-0.2, 0) is 4.79 Å². The standard InChI is InChI=1S/C24H25N5O3S/c1-5-31-20-9-7-6-8-19(20)23-26-27-24(32-23)33-14-21(30)25-22-16(3)28-29(17(22)4)18-12-10-15(2)11-13-18/h6-13H,5,14H2,1-4H3,(H,25,30). The van der Waals surface area contributed by atoms with Gasteiger partial charge in [0.2, 0.25) is 5.91 Å². The highest BCUT2D eigenvalue weighted by molar-refractivity contribution is 7.99. The molecule has 2 heterocycles. The van der Waals surface area contributed by atoms with Gasteiger partial charge in [-0.1, -0.05) is 41.6 Å². The van der Waals surface area contributed by atoms with Gasteiger partial charge in [0.05, 0.1) is 40.7 Å². The lowest BCUT2D eigenvalue weighted by atomic mass is 10.2. The van der Waals surface area contributed by atoms with Crippen LogP contribution in [0.25, 0.3) is 17.1 Å². The normalized spacial score (nSPS) is 10.9. The number of anilines is 1. The Hall–Kier alpha value is -3.59. The van der Waals surface area contributed by atoms with Gasteiger partial charge in [0, 0.05) is 0 Å². The van der Waals surface area contributed by atoms with Crippen LogP contribution in [0.4, 0.5) is 5.69 Å². The van der Waals surface area contributed by atoms with E-state index in [1.54, 1.807) is 0 Å². The van der Waals surface area contributed by atoms with E-state index in [0.717, 1.165) is 22.6 Å². The highest BCUT2D eigenvalue weighted by Gasteiger charge is 2.18. The maximum absolute atomic E-state index is 12.6. The number of amides is 1. The fourth-order valence-corrected chi connectivity index (χ4v) is 3.93. The predicted octanol–water partition coefficient (Wildman–Crippen LogP) is 4.98. The highest BCUT2D eigenvalue weighted by Crippen LogP contribution is 2.31. The summed E-state index contributed by atoms with van der Waals surface area (Å²) in [5.74, 6) is 0.982. The number of nitrogens with zero attached hydrogens (tertiary/aromatic N) is 4. The molecule has 8 nitrogen and oxygen atoms in total. The SMILES string of the molecule is CCOc1ccccc1-c1nnc(SCC(=O)Nc2c(C)nn(-c3ccc(C)cc3)c2C)o1. The van der Waals surface area contributed by atoms with Crippen molar-refractivity contribution >= 4 is 23.4 Å². The van der Waals surface area contributed by atoms with Gasteiger partial charge in [0.25, 0.3) is 11.1 Å². The Kier molecular flexibility index (Phi) is 6.79. The number of nitrogens with one attached hydrogen (secondary N) is 1. The lowest BCUT2D eigenvalue weighted by molar-refractivity contribution is -0.113. The van der Waals surface area contributed by atoms with Crippen molar-refractivity contribution in [1.82, 2.24) is 20.0 Å². The molecule has 0 fully saturated rings. The Labute approximate surface area is 196 Å². The molecular formula is C24H25N5O3S. The van der Waals surface area contributed by atoms with Crippen LogP contribution in [0.3, 0.4) is 0 Å². The maximum Gasteiger partial charge on any atom is 0.277 e. The predicted molar refractivity (Wildman–Crippen MR) is 128 cm³/mol. The average Bonchev–Trinajstić information content (AvgIpc) is 3.39. The number of benzene rings is 2. The summed E-state index contributed by atoms with van der Waals surface area (Å²) in [7, 11) is 0. The first-order valence-electron chi connectivity index (χ1n) is 10.6. The molecule has 0 radical (unpaired) electrons. The number of aryl methyl sites for hydroxylation is 2. The minimum atomic E-state index is -0.177. The second kappa shape index (κ2) is 9.91. The largest absolute Gasteiger partial charge is 0.493 e. The second-order valence-electron chi connectivity index (χ2n) is 7.43. The Bertz CT molecular complexity index is 1260. The van der Waals surface area contributed by atoms with Crippen LogP contribution in [0.5, 0.6) is 5.75 Å². The first-order valence-corrected chi connectivity index (χ1v) is 11.6. The summed E-state index contributed by atoms with van der Waals surface area (Å²) >= 11 is 1.18. The lowest BCUT2D eigenvalue weighted by Gasteiger charge is -2.07. The minimum Gasteiger partial charge on any atom is -0.493 e. The molecule has 9 heteroatoms. The fourth-order valence-electron chi connectivity index (χ4n) is 3.37. The molecule has 1 amide bonds. The summed E-state index contributed by atoms with van der Waals surface area (Å²) < 4.78 is 13.2. The minimum absolute atomic E-state index is 0.128. The van der Waals surface area contributed by atoms with Crippen LogP contribution in [-0.4, -0.2) is 38.2 Å². The summed E-state index contributed by atoms with van der Waals surface area (Å²) in [6.07, 6.45) is 0. The van der Waals surface area contributed by atoms with E-state index in [4.69, 9.17) is 9.15 Å². The van der Waals surface area contributed by atoms with Crippen molar-refractivity contribution in [3.05, 3.63) is 65.5 Å². The first-order chi connectivity index (χ1) is 16.0. The third-order valence-electron chi connectivity index (χ3n) is 4.98. The van der Waals surface area contributed by atoms with Gasteiger partial charge in [-0.05, 0) is 52.0 Å². The maximum atomic E-state index is 12.6. The Balaban J connectivity index is 1.41. The molecule has 2 aromatic carbocycles. The van der Waals surface area contributed by atoms with Crippen molar-refractivity contribution in [3.63, 3.8) is 0 Å². The molecule has 0 saturated heterocycles. The number of rotatable bonds is 8. The van der Waals surface area contributed by atoms with Crippen LogP contribution < -0.4 is 10.1 Å². The number of hydrogen-bond acceptors (Lipinski definition) is 7. The van der Waals surface area contributed by atoms with E-state index in [1.807, 2.05) is 80.9 Å². The van der Waals surface area contributed by atoms with Crippen LogP contribution in [0.1, 0.15) is 23.9 Å². The molecule has 4 aromatic rings. The quantitative estimate of drug-likeness (QED) is 0.368. The van der Waals surface area contributed by atoms with Crippen molar-refractivity contribution in [1.29, 1.82) is 0 Å². The number of hydrogen-bond donors (Lipinski definition) is 1. The smallest absolute Gasteiger partial charge is 0.277 e. The van der Waals surface area contributed by atoms with E-state index in [1.165, 1.54) is 17.3 Å². The molecule has 33 heavy (non-hydrogen) atoms. The van der Waals surface area contributed by atoms with Gasteiger partial charge in [0.1, 0.15) is 5.75 Å². The average molecular weight is 464 g/mol. The number of carbonyl (C=O) groups excluding carboxylic acids is 1. The fraction of sp³-hybridized carbons (Fsp3) is 0.250. The summed E-state index contributed by atoms with van der Waals surface area (Å²) in [4.78, 5) is 12.6. The number of carbonyl (C=O) groups is 1. The van der Waals surface area contributed by atoms with Crippen molar-refractivity contribution in [2.24, 2.45) is 0 Å². The Morgan fingerprint density at radius 1 is 1.09 bits per heavy atom. The molecule has 0 atom stereocenters. The molecule has 0 aliphatic carbocycles. The van der Waals surface area contributed by atoms with Gasteiger partial charge in [-0.2, -0.15) is 5.10 Å². The van der Waals surface area contributed by atoms with E-state index in [0.29, 0.717) is 29.2 Å². The van der Waals surface area contributed by atoms with Crippen molar-refractivity contribution in [2.75, 3.05) is 17.7 Å². The molecule has 0 spiro atoms. The molecule has 0 aliphatic rings. The van der Waals surface area contributed by atoms with Crippen LogP contribution in [0.15, 0.2) is 58.2 Å². The van der Waals surface area contributed by atoms with E-state index < -0.39 is 0 Å². The molecule has 2 aromatic heterocycles. The lowest BCUT2D eigenvalue weighted by Crippen LogP contribution is -2.15. The van der Waals surface area contributed by atoms with Crippen molar-refractivity contribution in [2.45, 2.75) is 32.9 Å². The monoisotopic (exact) mass is 463 g/mol. The summed E-state index contributed by atoms with van der Waals surface area (Å²) in [6, 6.07) is 15.6. The molecule has 0 saturated carbocycles. The van der Waals surface area contributed by atoms with Crippen molar-refractivity contribution in [3.8, 4) is 22.9 Å². The van der Waals surface area contributed by atoms with Gasteiger partial charge < -0.3 is 14.5 Å². The molecule has 1 N–H and O–H groups in total. The zero-order valence-electron chi connectivity index (χ0n) is 19.0. The van der Waals surface area contributed by atoms with E-state index in [9.17, 15) is 4.79 Å². The van der Waals surface area contributed by atoms with Crippen LogP contribution in [0, 0.1) is 20.8 Å². The summed E-state index contributed by atoms with van der Waals surface area (Å²) in [5, 5.41) is 16.0. The molecule has 4 rings (SSSR count). The Morgan fingerprint density at radius 2 is 1.85 bits per heavy atom. The van der Waals surface area contributed by atoms with E-state index >= 15 is 0 Å². The molecular weight excluding hydrogens is 438 g/mol. The molecule has 0 unspecified atom stereocenters. The van der Waals surface area contributed by atoms with E-state index in [2.05, 4.69) is 20.6 Å². The number of thioether (sulfide) groups is 1. The number of ether oxygens (including phenoxy) is 1. The number of aromatic nitrogens is 4. The molecule has 0 aliphatic heterocycles. The third-order valence-corrected chi connectivity index (χ3v) is 5.80. The number of para-hydroxylation sites is 1. The molecule has 170 valence electrons. The molecule has 0 bridgehead atoms. The second-order valence-corrected chi connectivity index (χ2v) is 8.36. The Morgan fingerprint density at radius 3 is 2.61 bits per heavy atom.